The first-order valence-corrected chi connectivity index (χ1v) is 8.69. The Balaban J connectivity index is 1.66. The van der Waals surface area contributed by atoms with Gasteiger partial charge in [-0.25, -0.2) is 0 Å². The number of amides is 1. The van der Waals surface area contributed by atoms with Crippen LogP contribution in [-0.2, 0) is 4.79 Å². The number of likely N-dealkylation sites (tertiary alicyclic amines) is 1. The van der Waals surface area contributed by atoms with Gasteiger partial charge in [0.2, 0.25) is 5.91 Å². The summed E-state index contributed by atoms with van der Waals surface area (Å²) in [5, 5.41) is 3.14. The lowest BCUT2D eigenvalue weighted by Gasteiger charge is -2.34. The van der Waals surface area contributed by atoms with Gasteiger partial charge in [-0.1, -0.05) is 6.07 Å². The Bertz CT molecular complexity index is 520. The van der Waals surface area contributed by atoms with E-state index in [1.54, 1.807) is 0 Å². The van der Waals surface area contributed by atoms with Crippen LogP contribution in [0.25, 0.3) is 0 Å². The van der Waals surface area contributed by atoms with Crippen LogP contribution in [0.5, 0.6) is 5.75 Å². The SMILES string of the molecule is Cc1ccc(OCCC(=O)NC2CCN(C(C)C)CC2)cc1C. The number of hydrogen-bond acceptors (Lipinski definition) is 3. The standard InChI is InChI=1S/C19H30N2O2/c1-14(2)21-10-7-17(8-11-21)20-19(22)9-12-23-18-6-5-15(3)16(4)13-18/h5-6,13-14,17H,7-12H2,1-4H3,(H,20,22). The van der Waals surface area contributed by atoms with Gasteiger partial charge in [0.25, 0.3) is 0 Å². The third-order valence-corrected chi connectivity index (χ3v) is 4.70. The van der Waals surface area contributed by atoms with Crippen molar-refractivity contribution in [2.75, 3.05) is 19.7 Å². The number of benzene rings is 1. The van der Waals surface area contributed by atoms with Crippen LogP contribution in [0.1, 0.15) is 44.2 Å². The number of piperidine rings is 1. The van der Waals surface area contributed by atoms with Gasteiger partial charge in [-0.15, -0.1) is 0 Å². The first kappa shape index (κ1) is 17.8. The number of nitrogens with zero attached hydrogens (tertiary/aromatic N) is 1. The molecule has 2 rings (SSSR count). The van der Waals surface area contributed by atoms with Crippen LogP contribution < -0.4 is 10.1 Å². The minimum Gasteiger partial charge on any atom is -0.493 e. The molecule has 1 N–H and O–H groups in total. The number of aryl methyl sites for hydroxylation is 2. The van der Waals surface area contributed by atoms with Gasteiger partial charge in [-0.3, -0.25) is 4.79 Å². The van der Waals surface area contributed by atoms with E-state index < -0.39 is 0 Å². The molecule has 4 nitrogen and oxygen atoms in total. The molecular weight excluding hydrogens is 288 g/mol. The summed E-state index contributed by atoms with van der Waals surface area (Å²) in [5.74, 6) is 0.933. The van der Waals surface area contributed by atoms with E-state index in [0.29, 0.717) is 25.1 Å². The van der Waals surface area contributed by atoms with Gasteiger partial charge in [-0.2, -0.15) is 0 Å². The molecule has 0 saturated carbocycles. The van der Waals surface area contributed by atoms with Crippen LogP contribution in [0, 0.1) is 13.8 Å². The smallest absolute Gasteiger partial charge is 0.223 e. The molecule has 128 valence electrons. The largest absolute Gasteiger partial charge is 0.493 e. The molecule has 1 aromatic carbocycles. The Morgan fingerprint density at radius 2 is 1.96 bits per heavy atom. The summed E-state index contributed by atoms with van der Waals surface area (Å²) in [7, 11) is 0. The maximum Gasteiger partial charge on any atom is 0.223 e. The maximum absolute atomic E-state index is 12.0. The van der Waals surface area contributed by atoms with Gasteiger partial charge < -0.3 is 15.0 Å². The number of ether oxygens (including phenoxy) is 1. The predicted molar refractivity (Wildman–Crippen MR) is 93.9 cm³/mol. The quantitative estimate of drug-likeness (QED) is 0.876. The molecule has 1 fully saturated rings. The highest BCUT2D eigenvalue weighted by atomic mass is 16.5. The molecule has 1 saturated heterocycles. The Morgan fingerprint density at radius 1 is 1.26 bits per heavy atom. The van der Waals surface area contributed by atoms with E-state index >= 15 is 0 Å². The van der Waals surface area contributed by atoms with Gasteiger partial charge >= 0.3 is 0 Å². The van der Waals surface area contributed by atoms with E-state index in [1.165, 1.54) is 11.1 Å². The summed E-state index contributed by atoms with van der Waals surface area (Å²) < 4.78 is 5.68. The number of carbonyl (C=O) groups excluding carboxylic acids is 1. The third-order valence-electron chi connectivity index (χ3n) is 4.70. The molecule has 1 aliphatic heterocycles. The molecule has 0 atom stereocenters. The Kier molecular flexibility index (Phi) is 6.46. The van der Waals surface area contributed by atoms with Crippen molar-refractivity contribution < 1.29 is 9.53 Å². The molecular formula is C19H30N2O2. The zero-order valence-electron chi connectivity index (χ0n) is 14.9. The molecule has 0 aliphatic carbocycles. The van der Waals surface area contributed by atoms with E-state index in [-0.39, 0.29) is 5.91 Å². The van der Waals surface area contributed by atoms with Gasteiger partial charge in [0.1, 0.15) is 5.75 Å². The highest BCUT2D eigenvalue weighted by Crippen LogP contribution is 2.17. The number of nitrogens with one attached hydrogen (secondary N) is 1. The van der Waals surface area contributed by atoms with Gasteiger partial charge in [0, 0.05) is 25.2 Å². The van der Waals surface area contributed by atoms with Gasteiger partial charge in [0.15, 0.2) is 0 Å². The topological polar surface area (TPSA) is 41.6 Å². The van der Waals surface area contributed by atoms with Crippen molar-refractivity contribution in [1.29, 1.82) is 0 Å². The molecule has 1 aromatic rings. The van der Waals surface area contributed by atoms with Crippen molar-refractivity contribution in [1.82, 2.24) is 10.2 Å². The van der Waals surface area contributed by atoms with Crippen LogP contribution in [0.2, 0.25) is 0 Å². The first-order valence-electron chi connectivity index (χ1n) is 8.69. The minimum atomic E-state index is 0.0943. The number of carbonyl (C=O) groups is 1. The summed E-state index contributed by atoms with van der Waals surface area (Å²) in [6.07, 6.45) is 2.50. The lowest BCUT2D eigenvalue weighted by Crippen LogP contribution is -2.46. The van der Waals surface area contributed by atoms with Crippen molar-refractivity contribution in [3.63, 3.8) is 0 Å². The molecule has 1 heterocycles. The lowest BCUT2D eigenvalue weighted by molar-refractivity contribution is -0.122. The third kappa shape index (κ3) is 5.54. The Hall–Kier alpha value is -1.55. The molecule has 23 heavy (non-hydrogen) atoms. The Labute approximate surface area is 140 Å². The number of rotatable bonds is 6. The summed E-state index contributed by atoms with van der Waals surface area (Å²) in [5.41, 5.74) is 2.46. The van der Waals surface area contributed by atoms with Crippen LogP contribution in [0.4, 0.5) is 0 Å². The Morgan fingerprint density at radius 3 is 2.57 bits per heavy atom. The van der Waals surface area contributed by atoms with Crippen molar-refractivity contribution in [3.8, 4) is 5.75 Å². The van der Waals surface area contributed by atoms with Crippen molar-refractivity contribution >= 4 is 5.91 Å². The molecule has 0 radical (unpaired) electrons. The maximum atomic E-state index is 12.0. The predicted octanol–water partition coefficient (Wildman–Crippen LogP) is 3.06. The minimum absolute atomic E-state index is 0.0943. The van der Waals surface area contributed by atoms with Crippen molar-refractivity contribution in [3.05, 3.63) is 29.3 Å². The summed E-state index contributed by atoms with van der Waals surface area (Å²) in [6, 6.07) is 6.95. The zero-order chi connectivity index (χ0) is 16.8. The lowest BCUT2D eigenvalue weighted by atomic mass is 10.0. The zero-order valence-corrected chi connectivity index (χ0v) is 14.9. The van der Waals surface area contributed by atoms with Crippen LogP contribution in [0.15, 0.2) is 18.2 Å². The van der Waals surface area contributed by atoms with E-state index in [1.807, 2.05) is 18.2 Å². The summed E-state index contributed by atoms with van der Waals surface area (Å²) >= 11 is 0. The first-order chi connectivity index (χ1) is 11.0. The monoisotopic (exact) mass is 318 g/mol. The fourth-order valence-electron chi connectivity index (χ4n) is 2.93. The second-order valence-electron chi connectivity index (χ2n) is 6.82. The molecule has 0 spiro atoms. The molecule has 0 bridgehead atoms. The molecule has 0 unspecified atom stereocenters. The van der Waals surface area contributed by atoms with Gasteiger partial charge in [0.05, 0.1) is 13.0 Å². The van der Waals surface area contributed by atoms with Crippen LogP contribution >= 0.6 is 0 Å². The van der Waals surface area contributed by atoms with Gasteiger partial charge in [-0.05, 0) is 63.8 Å². The fourth-order valence-corrected chi connectivity index (χ4v) is 2.93. The van der Waals surface area contributed by atoms with Crippen molar-refractivity contribution in [2.24, 2.45) is 0 Å². The average Bonchev–Trinajstić information content (AvgIpc) is 2.51. The normalized spacial score (nSPS) is 16.6. The van der Waals surface area contributed by atoms with Crippen LogP contribution in [-0.4, -0.2) is 42.6 Å². The summed E-state index contributed by atoms with van der Waals surface area (Å²) in [6.45, 7) is 11.2. The second-order valence-corrected chi connectivity index (χ2v) is 6.82. The van der Waals surface area contributed by atoms with E-state index in [4.69, 9.17) is 4.74 Å². The number of hydrogen-bond donors (Lipinski definition) is 1. The van der Waals surface area contributed by atoms with E-state index in [9.17, 15) is 4.79 Å². The molecule has 1 amide bonds. The molecule has 0 aromatic heterocycles. The van der Waals surface area contributed by atoms with Crippen LogP contribution in [0.3, 0.4) is 0 Å². The molecule has 1 aliphatic rings. The molecule has 4 heteroatoms. The van der Waals surface area contributed by atoms with E-state index in [2.05, 4.69) is 37.9 Å². The summed E-state index contributed by atoms with van der Waals surface area (Å²) in [4.78, 5) is 14.5. The highest BCUT2D eigenvalue weighted by Gasteiger charge is 2.21. The second kappa shape index (κ2) is 8.34. The van der Waals surface area contributed by atoms with Crippen molar-refractivity contribution in [2.45, 2.75) is 59.0 Å². The van der Waals surface area contributed by atoms with E-state index in [0.717, 1.165) is 31.7 Å². The highest BCUT2D eigenvalue weighted by molar-refractivity contribution is 5.76. The average molecular weight is 318 g/mol. The fraction of sp³-hybridized carbons (Fsp3) is 0.632.